The molecular formula is C25H27NO3. The smallest absolute Gasteiger partial charge is 0.184 e. The minimum Gasteiger partial charge on any atom is -0.353 e. The third-order valence-electron chi connectivity index (χ3n) is 6.92. The van der Waals surface area contributed by atoms with Crippen molar-refractivity contribution < 1.29 is 14.3 Å². The Morgan fingerprint density at radius 3 is 2.52 bits per heavy atom. The van der Waals surface area contributed by atoms with Crippen molar-refractivity contribution >= 4 is 11.5 Å². The van der Waals surface area contributed by atoms with E-state index < -0.39 is 5.79 Å². The number of allylic oxidation sites excluding steroid dienone is 2. The van der Waals surface area contributed by atoms with E-state index in [4.69, 9.17) is 9.47 Å². The number of hydrogen-bond donors (Lipinski definition) is 1. The average molecular weight is 389 g/mol. The van der Waals surface area contributed by atoms with Gasteiger partial charge in [-0.1, -0.05) is 55.5 Å². The predicted octanol–water partition coefficient (Wildman–Crippen LogP) is 5.17. The maximum atomic E-state index is 13.4. The summed E-state index contributed by atoms with van der Waals surface area (Å²) >= 11 is 0. The molecule has 1 aliphatic heterocycles. The SMILES string of the molecule is C[C@]12CCC3(CC1CC=C(Nc1cccc(-c4ccccc4)c1)C2=O)OCCO3. The Morgan fingerprint density at radius 1 is 0.966 bits per heavy atom. The zero-order valence-corrected chi connectivity index (χ0v) is 16.8. The molecule has 0 radical (unpaired) electrons. The molecule has 5 rings (SSSR count). The number of ether oxygens (including phenoxy) is 2. The molecule has 0 amide bonds. The van der Waals surface area contributed by atoms with Crippen LogP contribution < -0.4 is 5.32 Å². The highest BCUT2D eigenvalue weighted by Gasteiger charge is 2.54. The quantitative estimate of drug-likeness (QED) is 0.787. The molecule has 2 aromatic carbocycles. The summed E-state index contributed by atoms with van der Waals surface area (Å²) in [6.07, 6.45) is 5.35. The fourth-order valence-electron chi connectivity index (χ4n) is 5.09. The lowest BCUT2D eigenvalue weighted by atomic mass is 9.59. The number of carbonyl (C=O) groups is 1. The van der Waals surface area contributed by atoms with Gasteiger partial charge in [0.15, 0.2) is 11.6 Å². The first-order valence-electron chi connectivity index (χ1n) is 10.5. The van der Waals surface area contributed by atoms with Gasteiger partial charge in [-0.15, -0.1) is 0 Å². The molecule has 1 spiro atoms. The molecule has 150 valence electrons. The Kier molecular flexibility index (Phi) is 4.56. The topological polar surface area (TPSA) is 47.6 Å². The normalized spacial score (nSPS) is 28.1. The van der Waals surface area contributed by atoms with Gasteiger partial charge in [-0.25, -0.2) is 0 Å². The summed E-state index contributed by atoms with van der Waals surface area (Å²) in [6, 6.07) is 18.5. The van der Waals surface area contributed by atoms with E-state index >= 15 is 0 Å². The van der Waals surface area contributed by atoms with Crippen molar-refractivity contribution in [2.45, 2.75) is 38.4 Å². The molecular weight excluding hydrogens is 362 g/mol. The van der Waals surface area contributed by atoms with Gasteiger partial charge < -0.3 is 14.8 Å². The Bertz CT molecular complexity index is 946. The second-order valence-electron chi connectivity index (χ2n) is 8.68. The number of hydrogen-bond acceptors (Lipinski definition) is 4. The van der Waals surface area contributed by atoms with E-state index in [1.54, 1.807) is 0 Å². The predicted molar refractivity (Wildman–Crippen MR) is 113 cm³/mol. The standard InChI is InChI=1S/C25H27NO3/c1-24-12-13-25(28-14-15-29-25)17-20(24)10-11-22(23(24)27)26-21-9-5-8-19(16-21)18-6-3-2-4-7-18/h2-9,11,16,20,26H,10,12-15,17H2,1H3/t20?,24-/m0/s1. The van der Waals surface area contributed by atoms with Gasteiger partial charge in [-0.3, -0.25) is 4.79 Å². The number of benzene rings is 2. The van der Waals surface area contributed by atoms with Gasteiger partial charge in [0.2, 0.25) is 0 Å². The zero-order chi connectivity index (χ0) is 19.9. The maximum absolute atomic E-state index is 13.4. The highest BCUT2D eigenvalue weighted by atomic mass is 16.7. The molecule has 1 heterocycles. The van der Waals surface area contributed by atoms with E-state index in [2.05, 4.69) is 42.6 Å². The van der Waals surface area contributed by atoms with Gasteiger partial charge in [0.1, 0.15) is 0 Å². The monoisotopic (exact) mass is 389 g/mol. The lowest BCUT2D eigenvalue weighted by Gasteiger charge is -2.48. The van der Waals surface area contributed by atoms with Crippen LogP contribution >= 0.6 is 0 Å². The van der Waals surface area contributed by atoms with Crippen LogP contribution in [0.5, 0.6) is 0 Å². The molecule has 2 aliphatic carbocycles. The summed E-state index contributed by atoms with van der Waals surface area (Å²) in [4.78, 5) is 13.4. The molecule has 2 aromatic rings. The minimum absolute atomic E-state index is 0.215. The molecule has 2 atom stereocenters. The van der Waals surface area contributed by atoms with Crippen molar-refractivity contribution in [1.29, 1.82) is 0 Å². The average Bonchev–Trinajstić information content (AvgIpc) is 3.21. The molecule has 29 heavy (non-hydrogen) atoms. The number of rotatable bonds is 3. The van der Waals surface area contributed by atoms with E-state index in [0.29, 0.717) is 13.2 Å². The number of nitrogens with one attached hydrogen (secondary N) is 1. The van der Waals surface area contributed by atoms with Crippen molar-refractivity contribution in [2.24, 2.45) is 11.3 Å². The summed E-state index contributed by atoms with van der Waals surface area (Å²) in [7, 11) is 0. The zero-order valence-electron chi connectivity index (χ0n) is 16.8. The van der Waals surface area contributed by atoms with Crippen LogP contribution in [0, 0.1) is 11.3 Å². The number of carbonyl (C=O) groups excluding carboxylic acids is 1. The molecule has 1 unspecified atom stereocenters. The Labute approximate surface area is 171 Å². The summed E-state index contributed by atoms with van der Waals surface area (Å²) in [5, 5.41) is 3.41. The van der Waals surface area contributed by atoms with Crippen LogP contribution in [0.1, 0.15) is 32.6 Å². The first kappa shape index (κ1) is 18.6. The van der Waals surface area contributed by atoms with Crippen LogP contribution in [0.15, 0.2) is 66.4 Å². The van der Waals surface area contributed by atoms with Crippen LogP contribution in [0.25, 0.3) is 11.1 Å². The van der Waals surface area contributed by atoms with E-state index in [0.717, 1.165) is 42.6 Å². The Hall–Kier alpha value is -2.43. The van der Waals surface area contributed by atoms with Gasteiger partial charge >= 0.3 is 0 Å². The minimum atomic E-state index is -0.451. The van der Waals surface area contributed by atoms with Crippen LogP contribution in [0.2, 0.25) is 0 Å². The van der Waals surface area contributed by atoms with E-state index in [1.165, 1.54) is 5.56 Å². The van der Waals surface area contributed by atoms with Crippen molar-refractivity contribution in [2.75, 3.05) is 18.5 Å². The molecule has 4 heteroatoms. The highest BCUT2D eigenvalue weighted by molar-refractivity contribution is 6.03. The van der Waals surface area contributed by atoms with Gasteiger partial charge in [0, 0.05) is 23.9 Å². The van der Waals surface area contributed by atoms with Crippen LogP contribution in [-0.2, 0) is 14.3 Å². The van der Waals surface area contributed by atoms with E-state index in [9.17, 15) is 4.79 Å². The number of anilines is 1. The van der Waals surface area contributed by atoms with Gasteiger partial charge in [-0.2, -0.15) is 0 Å². The number of fused-ring (bicyclic) bond motifs is 1. The number of Topliss-reactive ketones (excluding diaryl/α,β-unsaturated/α-hetero) is 1. The van der Waals surface area contributed by atoms with Crippen molar-refractivity contribution in [3.8, 4) is 11.1 Å². The second-order valence-corrected chi connectivity index (χ2v) is 8.68. The summed E-state index contributed by atoms with van der Waals surface area (Å²) in [6.45, 7) is 3.45. The second kappa shape index (κ2) is 7.12. The van der Waals surface area contributed by atoms with E-state index in [-0.39, 0.29) is 17.1 Å². The summed E-state index contributed by atoms with van der Waals surface area (Å²) in [5.74, 6) is 0.0301. The van der Waals surface area contributed by atoms with Crippen LogP contribution in [0.3, 0.4) is 0 Å². The highest BCUT2D eigenvalue weighted by Crippen LogP contribution is 2.53. The summed E-state index contributed by atoms with van der Waals surface area (Å²) in [5.41, 5.74) is 3.62. The third kappa shape index (κ3) is 3.30. The first-order valence-corrected chi connectivity index (χ1v) is 10.5. The molecule has 0 aromatic heterocycles. The Morgan fingerprint density at radius 2 is 1.72 bits per heavy atom. The Balaban J connectivity index is 1.37. The third-order valence-corrected chi connectivity index (χ3v) is 6.92. The lowest BCUT2D eigenvalue weighted by molar-refractivity contribution is -0.205. The van der Waals surface area contributed by atoms with Gasteiger partial charge in [-0.05, 0) is 42.0 Å². The molecule has 4 nitrogen and oxygen atoms in total. The molecule has 1 saturated heterocycles. The molecule has 3 aliphatic rings. The van der Waals surface area contributed by atoms with Gasteiger partial charge in [0.25, 0.3) is 0 Å². The molecule has 1 N–H and O–H groups in total. The summed E-state index contributed by atoms with van der Waals surface area (Å²) < 4.78 is 11.8. The van der Waals surface area contributed by atoms with Crippen molar-refractivity contribution in [3.63, 3.8) is 0 Å². The van der Waals surface area contributed by atoms with Crippen LogP contribution in [-0.4, -0.2) is 24.8 Å². The molecule has 1 saturated carbocycles. The maximum Gasteiger partial charge on any atom is 0.184 e. The molecule has 0 bridgehead atoms. The fourth-order valence-corrected chi connectivity index (χ4v) is 5.09. The van der Waals surface area contributed by atoms with Crippen molar-refractivity contribution in [1.82, 2.24) is 0 Å². The van der Waals surface area contributed by atoms with Crippen molar-refractivity contribution in [3.05, 3.63) is 66.4 Å². The van der Waals surface area contributed by atoms with E-state index in [1.807, 2.05) is 30.3 Å². The largest absolute Gasteiger partial charge is 0.353 e. The first-order chi connectivity index (χ1) is 14.1. The van der Waals surface area contributed by atoms with Gasteiger partial charge in [0.05, 0.1) is 18.9 Å². The number of ketones is 1. The molecule has 2 fully saturated rings. The van der Waals surface area contributed by atoms with Crippen LogP contribution in [0.4, 0.5) is 5.69 Å². The fraction of sp³-hybridized carbons (Fsp3) is 0.400. The lowest BCUT2D eigenvalue weighted by Crippen LogP contribution is -2.50.